The monoisotopic (exact) mass is 377 g/mol. The molecule has 1 N–H and O–H groups in total. The first-order valence-electron chi connectivity index (χ1n) is 5.20. The number of rotatable bonds is 4. The maximum absolute atomic E-state index is 4.41. The van der Waals surface area contributed by atoms with Crippen LogP contribution < -0.4 is 5.32 Å². The van der Waals surface area contributed by atoms with Gasteiger partial charge in [-0.15, -0.1) is 11.3 Å². The predicted molar refractivity (Wildman–Crippen MR) is 78.4 cm³/mol. The third-order valence-corrected chi connectivity index (χ3v) is 5.91. The highest BCUT2D eigenvalue weighted by Gasteiger charge is 2.15. The van der Waals surface area contributed by atoms with E-state index >= 15 is 0 Å². The molecule has 0 aromatic carbocycles. The zero-order valence-corrected chi connectivity index (χ0v) is 13.6. The molecular weight excluding hydrogens is 366 g/mol. The van der Waals surface area contributed by atoms with Crippen LogP contribution in [0.5, 0.6) is 0 Å². The average Bonchev–Trinajstić information content (AvgIpc) is 2.83. The Kier molecular flexibility index (Phi) is 4.41. The molecule has 0 aliphatic rings. The standard InChI is InChI=1S/C11H13Br2N3S/c1-14-9(5-7-3-4-16(2)15-7)10-6-8(12)11(13)17-10/h3-4,6,9,14H,5H2,1-2H3. The van der Waals surface area contributed by atoms with Crippen molar-refractivity contribution in [2.24, 2.45) is 7.05 Å². The van der Waals surface area contributed by atoms with E-state index in [1.165, 1.54) is 4.88 Å². The zero-order chi connectivity index (χ0) is 12.4. The van der Waals surface area contributed by atoms with Crippen LogP contribution in [0.2, 0.25) is 0 Å². The molecule has 0 fully saturated rings. The van der Waals surface area contributed by atoms with E-state index in [0.29, 0.717) is 6.04 Å². The van der Waals surface area contributed by atoms with E-state index in [1.54, 1.807) is 11.3 Å². The highest BCUT2D eigenvalue weighted by atomic mass is 79.9. The number of hydrogen-bond acceptors (Lipinski definition) is 3. The van der Waals surface area contributed by atoms with Gasteiger partial charge in [-0.05, 0) is 51.0 Å². The first kappa shape index (κ1) is 13.3. The molecule has 1 unspecified atom stereocenters. The van der Waals surface area contributed by atoms with Gasteiger partial charge in [0.25, 0.3) is 0 Å². The van der Waals surface area contributed by atoms with Crippen LogP contribution in [0.1, 0.15) is 16.6 Å². The molecule has 0 amide bonds. The van der Waals surface area contributed by atoms with Crippen molar-refractivity contribution >= 4 is 43.2 Å². The molecule has 0 aliphatic heterocycles. The summed E-state index contributed by atoms with van der Waals surface area (Å²) >= 11 is 8.79. The Morgan fingerprint density at radius 2 is 2.29 bits per heavy atom. The summed E-state index contributed by atoms with van der Waals surface area (Å²) in [5, 5.41) is 7.75. The first-order valence-corrected chi connectivity index (χ1v) is 7.61. The van der Waals surface area contributed by atoms with Gasteiger partial charge in [0.1, 0.15) is 0 Å². The maximum atomic E-state index is 4.41. The minimum absolute atomic E-state index is 0.303. The highest BCUT2D eigenvalue weighted by Crippen LogP contribution is 2.36. The maximum Gasteiger partial charge on any atom is 0.0843 e. The summed E-state index contributed by atoms with van der Waals surface area (Å²) in [5.41, 5.74) is 1.10. The molecule has 0 spiro atoms. The van der Waals surface area contributed by atoms with E-state index in [1.807, 2.05) is 25.0 Å². The summed E-state index contributed by atoms with van der Waals surface area (Å²) in [6.45, 7) is 0. The van der Waals surface area contributed by atoms with Crippen LogP contribution >= 0.6 is 43.2 Å². The van der Waals surface area contributed by atoms with Crippen molar-refractivity contribution in [2.45, 2.75) is 12.5 Å². The fourth-order valence-corrected chi connectivity index (χ4v) is 3.86. The van der Waals surface area contributed by atoms with Crippen LogP contribution in [0.4, 0.5) is 0 Å². The SMILES string of the molecule is CNC(Cc1ccn(C)n1)c1cc(Br)c(Br)s1. The van der Waals surface area contributed by atoms with Crippen molar-refractivity contribution in [2.75, 3.05) is 7.05 Å². The second-order valence-electron chi connectivity index (χ2n) is 3.80. The summed E-state index contributed by atoms with van der Waals surface area (Å²) in [7, 11) is 3.92. The summed E-state index contributed by atoms with van der Waals surface area (Å²) in [4.78, 5) is 1.30. The molecule has 17 heavy (non-hydrogen) atoms. The van der Waals surface area contributed by atoms with Crippen LogP contribution in [0.25, 0.3) is 0 Å². The van der Waals surface area contributed by atoms with Gasteiger partial charge < -0.3 is 5.32 Å². The molecule has 92 valence electrons. The van der Waals surface area contributed by atoms with E-state index in [9.17, 15) is 0 Å². The largest absolute Gasteiger partial charge is 0.312 e. The lowest BCUT2D eigenvalue weighted by atomic mass is 10.1. The molecule has 1 atom stereocenters. The van der Waals surface area contributed by atoms with E-state index in [4.69, 9.17) is 0 Å². The van der Waals surface area contributed by atoms with Crippen LogP contribution in [0, 0.1) is 0 Å². The molecule has 0 aliphatic carbocycles. The summed E-state index contributed by atoms with van der Waals surface area (Å²) in [6, 6.07) is 4.51. The van der Waals surface area contributed by atoms with Crippen LogP contribution in [0.15, 0.2) is 26.6 Å². The van der Waals surface area contributed by atoms with Crippen molar-refractivity contribution in [3.8, 4) is 0 Å². The van der Waals surface area contributed by atoms with Crippen molar-refractivity contribution in [3.05, 3.63) is 37.2 Å². The molecule has 0 radical (unpaired) electrons. The number of likely N-dealkylation sites (N-methyl/N-ethyl adjacent to an activating group) is 1. The second-order valence-corrected chi connectivity index (χ2v) is 7.05. The number of nitrogens with zero attached hydrogens (tertiary/aromatic N) is 2. The Labute approximate surface area is 121 Å². The van der Waals surface area contributed by atoms with Crippen molar-refractivity contribution in [1.82, 2.24) is 15.1 Å². The Balaban J connectivity index is 2.16. The number of aromatic nitrogens is 2. The van der Waals surface area contributed by atoms with Gasteiger partial charge in [-0.3, -0.25) is 4.68 Å². The van der Waals surface area contributed by atoms with Crippen LogP contribution in [-0.4, -0.2) is 16.8 Å². The topological polar surface area (TPSA) is 29.9 Å². The molecule has 2 aromatic heterocycles. The molecular formula is C11H13Br2N3S. The van der Waals surface area contributed by atoms with Crippen molar-refractivity contribution in [3.63, 3.8) is 0 Å². The Hall–Kier alpha value is -0.170. The predicted octanol–water partition coefficient (Wildman–Crippen LogP) is 3.51. The van der Waals surface area contributed by atoms with Gasteiger partial charge in [0.05, 0.1) is 9.48 Å². The minimum Gasteiger partial charge on any atom is -0.312 e. The number of hydrogen-bond donors (Lipinski definition) is 1. The van der Waals surface area contributed by atoms with Crippen LogP contribution in [0.3, 0.4) is 0 Å². The lowest BCUT2D eigenvalue weighted by molar-refractivity contribution is 0.586. The lowest BCUT2D eigenvalue weighted by Gasteiger charge is -2.12. The van der Waals surface area contributed by atoms with Crippen molar-refractivity contribution < 1.29 is 0 Å². The number of halogens is 2. The lowest BCUT2D eigenvalue weighted by Crippen LogP contribution is -2.18. The highest BCUT2D eigenvalue weighted by molar-refractivity contribution is 9.13. The van der Waals surface area contributed by atoms with Gasteiger partial charge >= 0.3 is 0 Å². The van der Waals surface area contributed by atoms with E-state index in [-0.39, 0.29) is 0 Å². The van der Waals surface area contributed by atoms with E-state index < -0.39 is 0 Å². The smallest absolute Gasteiger partial charge is 0.0843 e. The quantitative estimate of drug-likeness (QED) is 0.882. The summed E-state index contributed by atoms with van der Waals surface area (Å²) in [6.07, 6.45) is 2.87. The summed E-state index contributed by atoms with van der Waals surface area (Å²) < 4.78 is 4.08. The molecule has 3 nitrogen and oxygen atoms in total. The van der Waals surface area contributed by atoms with Gasteiger partial charge in [-0.25, -0.2) is 0 Å². The minimum atomic E-state index is 0.303. The fraction of sp³-hybridized carbons (Fsp3) is 0.364. The molecule has 0 saturated carbocycles. The normalized spacial score (nSPS) is 12.9. The van der Waals surface area contributed by atoms with E-state index in [2.05, 4.69) is 54.4 Å². The Morgan fingerprint density at radius 3 is 2.76 bits per heavy atom. The average molecular weight is 379 g/mol. The number of thiophene rings is 1. The zero-order valence-electron chi connectivity index (χ0n) is 9.58. The number of aryl methyl sites for hydroxylation is 1. The fourth-order valence-electron chi connectivity index (χ4n) is 1.66. The van der Waals surface area contributed by atoms with Gasteiger partial charge in [0, 0.05) is 35.1 Å². The molecule has 0 bridgehead atoms. The molecule has 2 rings (SSSR count). The summed E-state index contributed by atoms with van der Waals surface area (Å²) in [5.74, 6) is 0. The Morgan fingerprint density at radius 1 is 1.53 bits per heavy atom. The third kappa shape index (κ3) is 3.19. The van der Waals surface area contributed by atoms with Gasteiger partial charge in [0.2, 0.25) is 0 Å². The number of nitrogens with one attached hydrogen (secondary N) is 1. The third-order valence-electron chi connectivity index (χ3n) is 2.54. The van der Waals surface area contributed by atoms with Crippen molar-refractivity contribution in [1.29, 1.82) is 0 Å². The molecule has 2 heterocycles. The Bertz CT molecular complexity index is 487. The molecule has 2 aromatic rings. The second kappa shape index (κ2) is 5.65. The first-order chi connectivity index (χ1) is 8.10. The van der Waals surface area contributed by atoms with Gasteiger partial charge in [0.15, 0.2) is 0 Å². The van der Waals surface area contributed by atoms with Gasteiger partial charge in [-0.2, -0.15) is 5.10 Å². The van der Waals surface area contributed by atoms with Gasteiger partial charge in [-0.1, -0.05) is 0 Å². The van der Waals surface area contributed by atoms with E-state index in [0.717, 1.165) is 20.4 Å². The molecule has 0 saturated heterocycles. The van der Waals surface area contributed by atoms with Crippen LogP contribution in [-0.2, 0) is 13.5 Å². The molecule has 6 heteroatoms.